The van der Waals surface area contributed by atoms with Crippen LogP contribution in [0.4, 0.5) is 0 Å². The molecular weight excluding hydrogens is 350 g/mol. The van der Waals surface area contributed by atoms with Crippen LogP contribution in [0.1, 0.15) is 39.9 Å². The minimum Gasteiger partial charge on any atom is -0.451 e. The number of carbonyl (C=O) groups is 1. The molecule has 1 fully saturated rings. The second-order valence-electron chi connectivity index (χ2n) is 6.83. The van der Waals surface area contributed by atoms with E-state index in [1.807, 2.05) is 30.5 Å². The summed E-state index contributed by atoms with van der Waals surface area (Å²) in [6, 6.07) is 10.3. The van der Waals surface area contributed by atoms with E-state index in [1.54, 1.807) is 23.5 Å². The summed E-state index contributed by atoms with van der Waals surface area (Å²) in [6.07, 6.45) is 1.01. The quantitative estimate of drug-likeness (QED) is 0.739. The van der Waals surface area contributed by atoms with E-state index < -0.39 is 5.91 Å². The minimum absolute atomic E-state index is 0.00882. The number of benzene rings is 1. The van der Waals surface area contributed by atoms with Gasteiger partial charge in [-0.15, -0.1) is 11.3 Å². The Morgan fingerprint density at radius 2 is 2.12 bits per heavy atom. The summed E-state index contributed by atoms with van der Waals surface area (Å²) >= 11 is 1.57. The van der Waals surface area contributed by atoms with Crippen molar-refractivity contribution in [2.45, 2.75) is 31.9 Å². The number of amides is 1. The fraction of sp³-hybridized carbons (Fsp3) is 0.300. The number of aliphatic hydroxyl groups is 1. The topological polar surface area (TPSA) is 79.5 Å². The first-order chi connectivity index (χ1) is 12.5. The van der Waals surface area contributed by atoms with Crippen LogP contribution in [0.25, 0.3) is 11.0 Å². The van der Waals surface area contributed by atoms with E-state index >= 15 is 0 Å². The average Bonchev–Trinajstić information content (AvgIpc) is 3.10. The third-order valence-electron chi connectivity index (χ3n) is 4.87. The summed E-state index contributed by atoms with van der Waals surface area (Å²) in [4.78, 5) is 26.1. The second-order valence-corrected chi connectivity index (χ2v) is 7.81. The van der Waals surface area contributed by atoms with E-state index in [-0.39, 0.29) is 29.3 Å². The summed E-state index contributed by atoms with van der Waals surface area (Å²) in [5.41, 5.74) is 1.13. The summed E-state index contributed by atoms with van der Waals surface area (Å²) in [5, 5.41) is 15.0. The van der Waals surface area contributed by atoms with E-state index in [2.05, 4.69) is 5.32 Å². The first-order valence-corrected chi connectivity index (χ1v) is 9.46. The molecule has 1 aromatic carbocycles. The van der Waals surface area contributed by atoms with Crippen LogP contribution in [0, 0.1) is 12.8 Å². The van der Waals surface area contributed by atoms with Gasteiger partial charge in [0.2, 0.25) is 0 Å². The third-order valence-corrected chi connectivity index (χ3v) is 5.82. The molecule has 0 saturated heterocycles. The molecule has 2 aromatic heterocycles. The van der Waals surface area contributed by atoms with Gasteiger partial charge in [0.05, 0.1) is 17.5 Å². The average molecular weight is 369 g/mol. The van der Waals surface area contributed by atoms with Crippen molar-refractivity contribution in [3.05, 3.63) is 68.2 Å². The van der Waals surface area contributed by atoms with E-state index in [4.69, 9.17) is 4.42 Å². The third kappa shape index (κ3) is 3.18. The molecule has 6 heteroatoms. The van der Waals surface area contributed by atoms with Gasteiger partial charge in [-0.25, -0.2) is 0 Å². The lowest BCUT2D eigenvalue weighted by Crippen LogP contribution is -2.41. The van der Waals surface area contributed by atoms with Gasteiger partial charge in [-0.05, 0) is 54.8 Å². The summed E-state index contributed by atoms with van der Waals surface area (Å²) in [6.45, 7) is 1.90. The highest BCUT2D eigenvalue weighted by Crippen LogP contribution is 2.39. The van der Waals surface area contributed by atoms with Gasteiger partial charge in [0.25, 0.3) is 5.91 Å². The fourth-order valence-corrected chi connectivity index (χ4v) is 4.25. The van der Waals surface area contributed by atoms with Crippen molar-refractivity contribution in [2.24, 2.45) is 5.92 Å². The maximum atomic E-state index is 12.8. The molecule has 2 N–H and O–H groups in total. The maximum absolute atomic E-state index is 12.8. The highest BCUT2D eigenvalue weighted by atomic mass is 32.1. The van der Waals surface area contributed by atoms with Crippen molar-refractivity contribution in [1.29, 1.82) is 0 Å². The molecule has 4 rings (SSSR count). The highest BCUT2D eigenvalue weighted by molar-refractivity contribution is 7.10. The molecule has 0 aliphatic heterocycles. The summed E-state index contributed by atoms with van der Waals surface area (Å²) in [7, 11) is 0. The van der Waals surface area contributed by atoms with Crippen LogP contribution in [0.2, 0.25) is 0 Å². The van der Waals surface area contributed by atoms with Crippen molar-refractivity contribution < 1.29 is 14.3 Å². The number of aliphatic hydroxyl groups excluding tert-OH is 1. The summed E-state index contributed by atoms with van der Waals surface area (Å²) in [5.74, 6) is -0.221. The van der Waals surface area contributed by atoms with Gasteiger partial charge in [0.1, 0.15) is 5.58 Å². The monoisotopic (exact) mass is 369 g/mol. The number of fused-ring (bicyclic) bond motifs is 1. The predicted molar refractivity (Wildman–Crippen MR) is 100 cm³/mol. The lowest BCUT2D eigenvalue weighted by atomic mass is 9.76. The molecule has 1 saturated carbocycles. The normalized spacial score (nSPS) is 20.5. The maximum Gasteiger partial charge on any atom is 0.287 e. The van der Waals surface area contributed by atoms with Gasteiger partial charge in [0.15, 0.2) is 11.2 Å². The number of aryl methyl sites for hydroxylation is 1. The van der Waals surface area contributed by atoms with Crippen molar-refractivity contribution in [3.63, 3.8) is 0 Å². The Bertz CT molecular complexity index is 1000. The molecule has 1 amide bonds. The molecule has 3 aromatic rings. The molecule has 1 atom stereocenters. The molecule has 0 bridgehead atoms. The first-order valence-electron chi connectivity index (χ1n) is 8.58. The molecule has 0 spiro atoms. The zero-order valence-corrected chi connectivity index (χ0v) is 15.1. The van der Waals surface area contributed by atoms with Crippen molar-refractivity contribution in [1.82, 2.24) is 5.32 Å². The Hall–Kier alpha value is -2.44. The zero-order valence-electron chi connectivity index (χ0n) is 14.3. The van der Waals surface area contributed by atoms with E-state index in [0.717, 1.165) is 10.4 Å². The Balaban J connectivity index is 1.64. The lowest BCUT2D eigenvalue weighted by molar-refractivity contribution is 0.0238. The Morgan fingerprint density at radius 1 is 1.31 bits per heavy atom. The number of carbonyl (C=O) groups excluding carboxylic acids is 1. The SMILES string of the molecule is Cc1ccc2c(=O)cc(C(=O)N[C@@H](c3cccs3)C3CC(O)C3)oc2c1. The highest BCUT2D eigenvalue weighted by Gasteiger charge is 2.36. The van der Waals surface area contributed by atoms with Crippen LogP contribution in [-0.2, 0) is 0 Å². The van der Waals surface area contributed by atoms with Crippen molar-refractivity contribution in [3.8, 4) is 0 Å². The number of rotatable bonds is 4. The van der Waals surface area contributed by atoms with E-state index in [9.17, 15) is 14.7 Å². The van der Waals surface area contributed by atoms with Gasteiger partial charge in [-0.2, -0.15) is 0 Å². The number of nitrogens with one attached hydrogen (secondary N) is 1. The minimum atomic E-state index is -0.412. The summed E-state index contributed by atoms with van der Waals surface area (Å²) < 4.78 is 5.70. The van der Waals surface area contributed by atoms with E-state index in [1.165, 1.54) is 6.07 Å². The molecule has 5 nitrogen and oxygen atoms in total. The van der Waals surface area contributed by atoms with Crippen LogP contribution in [0.5, 0.6) is 0 Å². The molecule has 0 radical (unpaired) electrons. The van der Waals surface area contributed by atoms with Crippen molar-refractivity contribution in [2.75, 3.05) is 0 Å². The Kier molecular flexibility index (Phi) is 4.38. The van der Waals surface area contributed by atoms with Gasteiger partial charge in [-0.1, -0.05) is 12.1 Å². The number of hydrogen-bond acceptors (Lipinski definition) is 5. The van der Waals surface area contributed by atoms with Gasteiger partial charge in [0, 0.05) is 10.9 Å². The van der Waals surface area contributed by atoms with Gasteiger partial charge >= 0.3 is 0 Å². The lowest BCUT2D eigenvalue weighted by Gasteiger charge is -2.37. The molecule has 134 valence electrons. The number of thiophene rings is 1. The predicted octanol–water partition coefficient (Wildman–Crippen LogP) is 3.40. The van der Waals surface area contributed by atoms with Crippen LogP contribution in [-0.4, -0.2) is 17.1 Å². The largest absolute Gasteiger partial charge is 0.451 e. The molecule has 0 unspecified atom stereocenters. The first kappa shape index (κ1) is 17.0. The van der Waals surface area contributed by atoms with Gasteiger partial charge in [-0.3, -0.25) is 9.59 Å². The standard InChI is InChI=1S/C20H19NO4S/c1-11-4-5-14-15(23)10-17(25-16(14)7-11)20(24)21-19(12-8-13(22)9-12)18-3-2-6-26-18/h2-7,10,12-13,19,22H,8-9H2,1H3,(H,21,24)/t12?,13?,19-/m1/s1. The molecular formula is C20H19NO4S. The van der Waals surface area contributed by atoms with Crippen LogP contribution >= 0.6 is 11.3 Å². The molecule has 26 heavy (non-hydrogen) atoms. The Morgan fingerprint density at radius 3 is 2.81 bits per heavy atom. The Labute approximate surface area is 154 Å². The van der Waals surface area contributed by atoms with Gasteiger partial charge < -0.3 is 14.8 Å². The smallest absolute Gasteiger partial charge is 0.287 e. The van der Waals surface area contributed by atoms with Crippen LogP contribution in [0.3, 0.4) is 0 Å². The molecule has 1 aliphatic carbocycles. The second kappa shape index (κ2) is 6.70. The zero-order chi connectivity index (χ0) is 18.3. The van der Waals surface area contributed by atoms with Crippen LogP contribution in [0.15, 0.2) is 51.0 Å². The molecule has 2 heterocycles. The van der Waals surface area contributed by atoms with Crippen LogP contribution < -0.4 is 10.7 Å². The number of hydrogen-bond donors (Lipinski definition) is 2. The van der Waals surface area contributed by atoms with E-state index in [0.29, 0.717) is 23.8 Å². The van der Waals surface area contributed by atoms with Crippen molar-refractivity contribution >= 4 is 28.2 Å². The molecule has 1 aliphatic rings. The fourth-order valence-electron chi connectivity index (χ4n) is 3.38.